The number of benzene rings is 6. The molecule has 496 valence electrons. The van der Waals surface area contributed by atoms with Crippen molar-refractivity contribution >= 4 is 122 Å². The number of amides is 9. The Labute approximate surface area is 569 Å². The van der Waals surface area contributed by atoms with E-state index >= 15 is 0 Å². The zero-order chi connectivity index (χ0) is 67.9. The number of hydrogen-bond donors (Lipinski definition) is 9. The number of urea groups is 3. The number of carbonyl (C=O) groups excluding carboxylic acids is 6. The third-order valence-electron chi connectivity index (χ3n) is 14.6. The highest BCUT2D eigenvalue weighted by atomic mass is 35.5. The molecule has 0 aliphatic heterocycles. The minimum Gasteiger partial charge on any atom is -0.387 e. The van der Waals surface area contributed by atoms with Gasteiger partial charge in [0.25, 0.3) is 0 Å². The summed E-state index contributed by atoms with van der Waals surface area (Å²) in [5.74, 6) is 0.191. The van der Waals surface area contributed by atoms with Crippen molar-refractivity contribution in [3.8, 4) is 0 Å². The Hall–Kier alpha value is -6.84. The highest BCUT2D eigenvalue weighted by molar-refractivity contribution is 6.43. The maximum Gasteiger partial charge on any atom is 0.322 e. The lowest BCUT2D eigenvalue weighted by atomic mass is 10.1. The Bertz CT molecular complexity index is 3270. The third-order valence-corrected chi connectivity index (χ3v) is 16.8. The van der Waals surface area contributed by atoms with Gasteiger partial charge in [-0.25, -0.2) is 14.4 Å². The first-order valence-corrected chi connectivity index (χ1v) is 32.5. The van der Waals surface area contributed by atoms with Crippen LogP contribution in [0.15, 0.2) is 127 Å². The molecule has 1 fully saturated rings. The lowest BCUT2D eigenvalue weighted by Gasteiger charge is -2.29. The van der Waals surface area contributed by atoms with Gasteiger partial charge in [-0.3, -0.25) is 14.4 Å². The van der Waals surface area contributed by atoms with Gasteiger partial charge in [-0.05, 0) is 161 Å². The summed E-state index contributed by atoms with van der Waals surface area (Å²) in [6.07, 6.45) is -0.327. The van der Waals surface area contributed by atoms with Gasteiger partial charge >= 0.3 is 18.1 Å². The number of nitrogens with zero attached hydrogens (tertiary/aromatic N) is 3. The first-order chi connectivity index (χ1) is 43.5. The zero-order valence-corrected chi connectivity index (χ0v) is 57.5. The van der Waals surface area contributed by atoms with Gasteiger partial charge < -0.3 is 61.9 Å². The van der Waals surface area contributed by atoms with Crippen molar-refractivity contribution in [1.82, 2.24) is 30.7 Å². The lowest BCUT2D eigenvalue weighted by Crippen LogP contribution is -2.42. The number of aliphatic hydroxyl groups is 3. The van der Waals surface area contributed by atoms with Crippen molar-refractivity contribution in [3.63, 3.8) is 0 Å². The summed E-state index contributed by atoms with van der Waals surface area (Å²) in [6, 6.07) is 35.2. The van der Waals surface area contributed by atoms with E-state index in [2.05, 4.69) is 31.9 Å². The molecule has 7 rings (SSSR count). The van der Waals surface area contributed by atoms with Crippen LogP contribution < -0.4 is 31.9 Å². The average Bonchev–Trinajstić information content (AvgIpc) is 1.56. The van der Waals surface area contributed by atoms with E-state index in [1.165, 1.54) is 0 Å². The van der Waals surface area contributed by atoms with E-state index in [9.17, 15) is 44.1 Å². The summed E-state index contributed by atoms with van der Waals surface area (Å²) >= 11 is 35.9. The SMILES string of the molecule is CC(C)C(=O)NCc1ccc(NC(=O)N(CC(O)c2ccc(Cl)c(Cl)c2)C(C)C)cc1.CC(C)N(CC(O)c1ccc(Cl)c(Cl)c1)C(=O)Nc1ccc(CNC(=O)C2CC2)cc1.CCC(=O)NCc1ccc(NC(=O)N(CC(O)c2ccc(Cl)c(Cl)c2)C(C)C)cc1. The van der Waals surface area contributed by atoms with Gasteiger partial charge in [0.1, 0.15) is 0 Å². The molecule has 1 saturated carbocycles. The van der Waals surface area contributed by atoms with Gasteiger partial charge in [0.15, 0.2) is 0 Å². The molecule has 92 heavy (non-hydrogen) atoms. The third kappa shape index (κ3) is 24.9. The molecule has 3 unspecified atom stereocenters. The molecule has 3 atom stereocenters. The van der Waals surface area contributed by atoms with Gasteiger partial charge in [0.2, 0.25) is 17.7 Å². The minimum atomic E-state index is -0.908. The Morgan fingerprint density at radius 3 is 0.978 bits per heavy atom. The second-order valence-corrected chi connectivity index (χ2v) is 25.6. The molecular weight excluding hydrogens is 1300 g/mol. The average molecular weight is 1380 g/mol. The maximum absolute atomic E-state index is 12.8. The zero-order valence-electron chi connectivity index (χ0n) is 53.0. The molecule has 9 N–H and O–H groups in total. The number of aliphatic hydroxyl groups excluding tert-OH is 3. The predicted octanol–water partition coefficient (Wildman–Crippen LogP) is 15.2. The second kappa shape index (κ2) is 37.2. The number of rotatable bonds is 24. The number of hydrogen-bond acceptors (Lipinski definition) is 9. The molecule has 1 aliphatic carbocycles. The van der Waals surface area contributed by atoms with E-state index in [1.54, 1.807) is 113 Å². The number of halogens is 6. The normalized spacial score (nSPS) is 12.7. The van der Waals surface area contributed by atoms with Gasteiger partial charge in [0, 0.05) is 73.1 Å². The van der Waals surface area contributed by atoms with Crippen LogP contribution in [0.25, 0.3) is 0 Å². The molecule has 0 aromatic heterocycles. The molecule has 0 radical (unpaired) electrons. The molecule has 6 aromatic rings. The molecular formula is C68H83Cl6N9O9. The quantitative estimate of drug-likeness (QED) is 0.0279. The number of carbonyl (C=O) groups is 6. The van der Waals surface area contributed by atoms with Crippen molar-refractivity contribution in [2.45, 2.75) is 138 Å². The largest absolute Gasteiger partial charge is 0.387 e. The molecule has 24 heteroatoms. The molecule has 6 aromatic carbocycles. The second-order valence-electron chi connectivity index (χ2n) is 23.2. The van der Waals surface area contributed by atoms with Crippen LogP contribution >= 0.6 is 69.6 Å². The molecule has 9 amide bonds. The van der Waals surface area contributed by atoms with Crippen LogP contribution in [0.5, 0.6) is 0 Å². The molecule has 0 heterocycles. The smallest absolute Gasteiger partial charge is 0.322 e. The van der Waals surface area contributed by atoms with Crippen molar-refractivity contribution in [1.29, 1.82) is 0 Å². The van der Waals surface area contributed by atoms with Crippen LogP contribution in [-0.4, -0.2) is 104 Å². The van der Waals surface area contributed by atoms with Crippen LogP contribution in [0.2, 0.25) is 30.1 Å². The summed E-state index contributed by atoms with van der Waals surface area (Å²) in [5.41, 5.74) is 6.47. The topological polar surface area (TPSA) is 245 Å². The van der Waals surface area contributed by atoms with E-state index in [1.807, 2.05) is 91.8 Å². The van der Waals surface area contributed by atoms with E-state index in [0.717, 1.165) is 29.5 Å². The lowest BCUT2D eigenvalue weighted by molar-refractivity contribution is -0.124. The minimum absolute atomic E-state index is 0.00881. The van der Waals surface area contributed by atoms with Crippen LogP contribution in [0.3, 0.4) is 0 Å². The van der Waals surface area contributed by atoms with Crippen LogP contribution in [0, 0.1) is 11.8 Å². The number of nitrogens with one attached hydrogen (secondary N) is 6. The molecule has 18 nitrogen and oxygen atoms in total. The Morgan fingerprint density at radius 2 is 0.717 bits per heavy atom. The Balaban J connectivity index is 0.000000250. The summed E-state index contributed by atoms with van der Waals surface area (Å²) in [5, 5.41) is 51.2. The fraction of sp³-hybridized carbons (Fsp3) is 0.382. The summed E-state index contributed by atoms with van der Waals surface area (Å²) < 4.78 is 0. The first kappa shape index (κ1) is 75.9. The van der Waals surface area contributed by atoms with E-state index in [4.69, 9.17) is 69.6 Å². The summed E-state index contributed by atoms with van der Waals surface area (Å²) in [4.78, 5) is 77.8. The molecule has 0 saturated heterocycles. The first-order valence-electron chi connectivity index (χ1n) is 30.2. The van der Waals surface area contributed by atoms with Gasteiger partial charge in [-0.15, -0.1) is 0 Å². The van der Waals surface area contributed by atoms with Crippen molar-refractivity contribution in [3.05, 3.63) is 191 Å². The summed E-state index contributed by atoms with van der Waals surface area (Å²) in [7, 11) is 0. The fourth-order valence-corrected chi connectivity index (χ4v) is 9.64. The van der Waals surface area contributed by atoms with Gasteiger partial charge in [0.05, 0.1) is 68.1 Å². The molecule has 0 bridgehead atoms. The van der Waals surface area contributed by atoms with E-state index in [-0.39, 0.29) is 85.4 Å². The molecule has 1 aliphatic rings. The van der Waals surface area contributed by atoms with Crippen molar-refractivity contribution < 1.29 is 44.1 Å². The standard InChI is InChI=1S/C23H27Cl2N3O3.C23H29Cl2N3O3.C22H27Cl2N3O3/c1-14(2)28(13-21(29)17-7-10-19(24)20(25)11-17)23(31)27-18-8-3-15(4-9-18)12-26-22(30)16-5-6-16;1-14(2)22(30)26-12-16-5-8-18(9-6-16)27-23(31)28(15(3)4)13-21(29)17-7-10-19(24)20(25)11-17;1-4-21(29)25-12-15-5-8-17(9-6-15)26-22(30)27(14(2)3)13-20(28)16-7-10-18(23)19(24)11-16/h3-4,7-11,14,16,21,29H,5-6,12-13H2,1-2H3,(H,26,30)(H,27,31);5-11,14-15,21,29H,12-13H2,1-4H3,(H,26,30)(H,27,31);5-11,14,20,28H,4,12-13H2,1-3H3,(H,25,29)(H,26,30). The highest BCUT2D eigenvalue weighted by Crippen LogP contribution is 2.31. The summed E-state index contributed by atoms with van der Waals surface area (Å²) in [6.45, 7) is 18.4. The van der Waals surface area contributed by atoms with Crippen molar-refractivity contribution in [2.24, 2.45) is 11.8 Å². The highest BCUT2D eigenvalue weighted by Gasteiger charge is 2.30. The Kier molecular flexibility index (Phi) is 30.6. The number of anilines is 3. The monoisotopic (exact) mass is 1380 g/mol. The fourth-order valence-electron chi connectivity index (χ4n) is 8.72. The van der Waals surface area contributed by atoms with Crippen LogP contribution in [0.4, 0.5) is 31.4 Å². The molecule has 0 spiro atoms. The van der Waals surface area contributed by atoms with Gasteiger partial charge in [-0.1, -0.05) is 145 Å². The van der Waals surface area contributed by atoms with E-state index < -0.39 is 18.3 Å². The van der Waals surface area contributed by atoms with Crippen molar-refractivity contribution in [2.75, 3.05) is 35.6 Å². The van der Waals surface area contributed by atoms with E-state index in [0.29, 0.717) is 89.9 Å². The van der Waals surface area contributed by atoms with Crippen LogP contribution in [0.1, 0.15) is 133 Å². The Morgan fingerprint density at radius 1 is 0.424 bits per heavy atom. The van der Waals surface area contributed by atoms with Crippen LogP contribution in [-0.2, 0) is 34.0 Å². The predicted molar refractivity (Wildman–Crippen MR) is 370 cm³/mol. The maximum atomic E-state index is 12.8. The van der Waals surface area contributed by atoms with Gasteiger partial charge in [-0.2, -0.15) is 0 Å².